The van der Waals surface area contributed by atoms with E-state index in [0.29, 0.717) is 42.1 Å². The topological polar surface area (TPSA) is 44.8 Å². The van der Waals surface area contributed by atoms with Crippen molar-refractivity contribution in [2.24, 2.45) is 73.9 Å². The number of hydrogen-bond acceptors (Lipinski definition) is 4. The summed E-state index contributed by atoms with van der Waals surface area (Å²) in [5.74, 6) is 2.76. The second-order valence-corrected chi connectivity index (χ2v) is 20.3. The molecule has 274 valence electrons. The third-order valence-corrected chi connectivity index (χ3v) is 16.6. The lowest BCUT2D eigenvalue weighted by atomic mass is 9.34. The van der Waals surface area contributed by atoms with Gasteiger partial charge in [0, 0.05) is 10.8 Å². The Labute approximate surface area is 299 Å². The lowest BCUT2D eigenvalue weighted by Crippen LogP contribution is -2.69. The molecule has 49 heavy (non-hydrogen) atoms. The summed E-state index contributed by atoms with van der Waals surface area (Å²) in [6.07, 6.45) is 9.59. The van der Waals surface area contributed by atoms with Crippen LogP contribution in [0.25, 0.3) is 0 Å². The number of hydrogen-bond donors (Lipinski definition) is 0. The largest absolute Gasteiger partial charge is 0.461 e. The number of esters is 1. The number of carbonyl (C=O) groups excluding carboxylic acids is 1. The lowest BCUT2D eigenvalue weighted by molar-refractivity contribution is -0.253. The molecule has 3 saturated carbocycles. The first-order valence-corrected chi connectivity index (χ1v) is 20.0. The van der Waals surface area contributed by atoms with Gasteiger partial charge in [-0.25, -0.2) is 0 Å². The molecule has 1 aromatic carbocycles. The van der Waals surface area contributed by atoms with E-state index in [1.165, 1.54) is 12.8 Å². The van der Waals surface area contributed by atoms with Crippen molar-refractivity contribution in [3.8, 4) is 0 Å². The van der Waals surface area contributed by atoms with Crippen LogP contribution >= 0.6 is 0 Å². The Kier molecular flexibility index (Phi) is 9.68. The molecule has 0 spiro atoms. The molecule has 4 heteroatoms. The number of fused-ring (bicyclic) bond motifs is 3. The van der Waals surface area contributed by atoms with E-state index in [0.717, 1.165) is 51.1 Å². The van der Waals surface area contributed by atoms with Crippen LogP contribution in [0, 0.1) is 73.9 Å². The molecule has 0 unspecified atom stereocenters. The first-order chi connectivity index (χ1) is 22.8. The molecule has 6 rings (SSSR count). The van der Waals surface area contributed by atoms with Crippen LogP contribution in [-0.4, -0.2) is 31.9 Å². The van der Waals surface area contributed by atoms with Gasteiger partial charge in [0.2, 0.25) is 0 Å². The molecule has 0 amide bonds. The molecule has 1 saturated heterocycles. The summed E-state index contributed by atoms with van der Waals surface area (Å²) in [6.45, 7) is 31.6. The van der Waals surface area contributed by atoms with Crippen molar-refractivity contribution in [2.75, 3.05) is 19.8 Å². The molecule has 1 aromatic rings. The summed E-state index contributed by atoms with van der Waals surface area (Å²) < 4.78 is 20.1. The highest BCUT2D eigenvalue weighted by molar-refractivity contribution is 5.75. The average Bonchev–Trinajstić information content (AvgIpc) is 3.03. The van der Waals surface area contributed by atoms with Crippen molar-refractivity contribution >= 4 is 5.97 Å². The molecule has 1 heterocycles. The predicted molar refractivity (Wildman–Crippen MR) is 200 cm³/mol. The van der Waals surface area contributed by atoms with Crippen molar-refractivity contribution in [2.45, 2.75) is 134 Å². The SMILES string of the molecule is CC(C)[C@@H](C)[C@@]1(C)CC[C@]2(C)[C@H]3CC[C@@H]4[C@@]5(COC[C@]4(C)[C@@H](OC[C@@H](C)C(C)(C)C)[C@H](C)C5)C3=CC[C@@]2(C)[C@@H]1C(=O)OCc1ccccc1. The molecule has 4 nitrogen and oxygen atoms in total. The highest BCUT2D eigenvalue weighted by Gasteiger charge is 2.71. The number of ether oxygens (including phenoxy) is 3. The summed E-state index contributed by atoms with van der Waals surface area (Å²) in [7, 11) is 0. The fraction of sp³-hybridized carbons (Fsp3) is 0.800. The highest BCUT2D eigenvalue weighted by atomic mass is 16.5. The Morgan fingerprint density at radius 3 is 2.31 bits per heavy atom. The maximum absolute atomic E-state index is 14.7. The fourth-order valence-corrected chi connectivity index (χ4v) is 12.7. The van der Waals surface area contributed by atoms with E-state index in [-0.39, 0.29) is 50.5 Å². The van der Waals surface area contributed by atoms with E-state index in [1.807, 2.05) is 18.2 Å². The van der Waals surface area contributed by atoms with E-state index < -0.39 is 0 Å². The van der Waals surface area contributed by atoms with Gasteiger partial charge in [-0.2, -0.15) is 0 Å². The van der Waals surface area contributed by atoms with Crippen molar-refractivity contribution in [3.63, 3.8) is 0 Å². The number of allylic oxidation sites excluding steroid dienone is 1. The number of rotatable bonds is 8. The van der Waals surface area contributed by atoms with Crippen LogP contribution in [0.2, 0.25) is 0 Å². The Balaban J connectivity index is 1.36. The van der Waals surface area contributed by atoms with Crippen LogP contribution in [0.4, 0.5) is 0 Å². The molecule has 2 bridgehead atoms. The number of benzene rings is 1. The second-order valence-electron chi connectivity index (χ2n) is 20.3. The van der Waals surface area contributed by atoms with Crippen LogP contribution in [-0.2, 0) is 25.6 Å². The molecule has 4 fully saturated rings. The quantitative estimate of drug-likeness (QED) is 0.203. The van der Waals surface area contributed by atoms with Gasteiger partial charge in [0.15, 0.2) is 0 Å². The van der Waals surface area contributed by atoms with Gasteiger partial charge in [-0.15, -0.1) is 0 Å². The average molecular weight is 675 g/mol. The minimum atomic E-state index is -0.192. The summed E-state index contributed by atoms with van der Waals surface area (Å²) in [5.41, 5.74) is 2.72. The van der Waals surface area contributed by atoms with Crippen LogP contribution in [0.3, 0.4) is 0 Å². The maximum atomic E-state index is 14.7. The first kappa shape index (κ1) is 37.1. The second kappa shape index (κ2) is 12.8. The molecule has 4 aliphatic carbocycles. The Morgan fingerprint density at radius 2 is 1.65 bits per heavy atom. The van der Waals surface area contributed by atoms with Gasteiger partial charge in [0.25, 0.3) is 0 Å². The van der Waals surface area contributed by atoms with Crippen molar-refractivity contribution in [3.05, 3.63) is 47.5 Å². The maximum Gasteiger partial charge on any atom is 0.310 e. The van der Waals surface area contributed by atoms with Gasteiger partial charge in [0.1, 0.15) is 6.61 Å². The molecule has 0 radical (unpaired) electrons. The molecule has 1 aliphatic heterocycles. The van der Waals surface area contributed by atoms with Gasteiger partial charge in [-0.05, 0) is 101 Å². The minimum absolute atomic E-state index is 0.00258. The Morgan fingerprint density at radius 1 is 0.959 bits per heavy atom. The zero-order chi connectivity index (χ0) is 35.8. The third-order valence-electron chi connectivity index (χ3n) is 16.6. The van der Waals surface area contributed by atoms with Gasteiger partial charge in [0.05, 0.1) is 31.8 Å². The van der Waals surface area contributed by atoms with Gasteiger partial charge in [-0.3, -0.25) is 4.79 Å². The summed E-state index contributed by atoms with van der Waals surface area (Å²) >= 11 is 0. The summed E-state index contributed by atoms with van der Waals surface area (Å²) in [5, 5.41) is 0. The molecular formula is C45H70O4. The monoisotopic (exact) mass is 675 g/mol. The van der Waals surface area contributed by atoms with Crippen molar-refractivity contribution < 1.29 is 19.0 Å². The Hall–Kier alpha value is -1.65. The fourth-order valence-electron chi connectivity index (χ4n) is 12.7. The van der Waals surface area contributed by atoms with Crippen LogP contribution in [0.1, 0.15) is 127 Å². The van der Waals surface area contributed by atoms with E-state index in [1.54, 1.807) is 5.57 Å². The normalized spacial score (nSPS) is 43.0. The highest BCUT2D eigenvalue weighted by Crippen LogP contribution is 2.75. The minimum Gasteiger partial charge on any atom is -0.461 e. The molecular weight excluding hydrogens is 604 g/mol. The predicted octanol–water partition coefficient (Wildman–Crippen LogP) is 10.9. The van der Waals surface area contributed by atoms with E-state index in [4.69, 9.17) is 14.2 Å². The van der Waals surface area contributed by atoms with Gasteiger partial charge >= 0.3 is 5.97 Å². The number of carbonyl (C=O) groups is 1. The summed E-state index contributed by atoms with van der Waals surface area (Å²) in [4.78, 5) is 14.7. The zero-order valence-corrected chi connectivity index (χ0v) is 33.3. The molecule has 5 aliphatic rings. The Bertz CT molecular complexity index is 1390. The van der Waals surface area contributed by atoms with E-state index >= 15 is 0 Å². The molecule has 0 N–H and O–H groups in total. The third kappa shape index (κ3) is 5.71. The van der Waals surface area contributed by atoms with Crippen LogP contribution < -0.4 is 0 Å². The van der Waals surface area contributed by atoms with E-state index in [9.17, 15) is 4.79 Å². The van der Waals surface area contributed by atoms with Crippen LogP contribution in [0.15, 0.2) is 42.0 Å². The zero-order valence-electron chi connectivity index (χ0n) is 33.3. The van der Waals surface area contributed by atoms with Gasteiger partial charge in [-0.1, -0.05) is 125 Å². The standard InChI is InChI=1S/C45H70O4/c1-29(2)32(5)41(9)22-23-43(11)34-18-19-36-42(10)27-47-28-45(36,24-30(3)38(42)48-25-31(4)40(6,7)8)35(34)20-21-44(43,12)37(41)39(46)49-26-33-16-14-13-15-17-33/h13-17,20,29-32,34,36-38H,18-19,21-28H2,1-12H3/t30-,31-,32-,34+,36+,37-,38+,41-,42+,43-,44+,45+/m1/s1. The van der Waals surface area contributed by atoms with Crippen LogP contribution in [0.5, 0.6) is 0 Å². The molecule has 0 aromatic heterocycles. The summed E-state index contributed by atoms with van der Waals surface area (Å²) in [6, 6.07) is 10.2. The molecule has 12 atom stereocenters. The first-order valence-electron chi connectivity index (χ1n) is 20.0. The van der Waals surface area contributed by atoms with Crippen molar-refractivity contribution in [1.29, 1.82) is 0 Å². The smallest absolute Gasteiger partial charge is 0.310 e. The van der Waals surface area contributed by atoms with Gasteiger partial charge < -0.3 is 14.2 Å². The lowest BCUT2D eigenvalue weighted by Gasteiger charge is -2.71. The van der Waals surface area contributed by atoms with Crippen molar-refractivity contribution in [1.82, 2.24) is 0 Å². The van der Waals surface area contributed by atoms with E-state index in [2.05, 4.69) is 101 Å².